The molecular formula is C22H19ClF6N6O2. The summed E-state index contributed by atoms with van der Waals surface area (Å²) in [4.78, 5) is 15.5. The van der Waals surface area contributed by atoms with E-state index in [2.05, 4.69) is 15.4 Å². The number of tetrazole rings is 1. The summed E-state index contributed by atoms with van der Waals surface area (Å²) in [5.41, 5.74) is -2.50. The van der Waals surface area contributed by atoms with Crippen molar-refractivity contribution in [3.63, 3.8) is 0 Å². The van der Waals surface area contributed by atoms with Crippen LogP contribution in [0.2, 0.25) is 5.02 Å². The van der Waals surface area contributed by atoms with Gasteiger partial charge in [-0.05, 0) is 59.5 Å². The van der Waals surface area contributed by atoms with Crippen molar-refractivity contribution in [1.29, 1.82) is 0 Å². The highest BCUT2D eigenvalue weighted by Crippen LogP contribution is 2.41. The van der Waals surface area contributed by atoms with Gasteiger partial charge in [0, 0.05) is 18.1 Å². The van der Waals surface area contributed by atoms with Crippen molar-refractivity contribution in [2.24, 2.45) is 7.05 Å². The van der Waals surface area contributed by atoms with Gasteiger partial charge in [-0.3, -0.25) is 4.90 Å². The lowest BCUT2D eigenvalue weighted by atomic mass is 9.98. The van der Waals surface area contributed by atoms with Gasteiger partial charge < -0.3 is 10.0 Å². The number of aromatic nitrogens is 4. The maximum Gasteiger partial charge on any atom is 0.416 e. The summed E-state index contributed by atoms with van der Waals surface area (Å²) in [7, 11) is 1.45. The lowest BCUT2D eigenvalue weighted by Crippen LogP contribution is -2.31. The molecule has 0 aliphatic carbocycles. The molecule has 1 N–H and O–H groups in total. The van der Waals surface area contributed by atoms with Gasteiger partial charge in [0.05, 0.1) is 29.9 Å². The third-order valence-electron chi connectivity index (χ3n) is 5.86. The monoisotopic (exact) mass is 548 g/mol. The van der Waals surface area contributed by atoms with Gasteiger partial charge in [-0.15, -0.1) is 5.10 Å². The zero-order chi connectivity index (χ0) is 27.1. The Labute approximate surface area is 211 Å². The van der Waals surface area contributed by atoms with Crippen LogP contribution in [-0.4, -0.2) is 38.0 Å². The van der Waals surface area contributed by atoms with E-state index in [-0.39, 0.29) is 34.8 Å². The Hall–Kier alpha value is -3.55. The van der Waals surface area contributed by atoms with Crippen molar-refractivity contribution < 1.29 is 36.2 Å². The van der Waals surface area contributed by atoms with Gasteiger partial charge in [0.25, 0.3) is 5.95 Å². The fourth-order valence-corrected chi connectivity index (χ4v) is 4.46. The molecule has 1 aliphatic rings. The minimum Gasteiger partial charge on any atom is -0.465 e. The SMILES string of the molecule is Cn1nnc(N(Cc2cc(C(F)(F)F)cc(C(F)(F)F)c2)C2CCCN(C(=O)O)c3cc(Cl)ccc32)n1. The van der Waals surface area contributed by atoms with Crippen molar-refractivity contribution in [2.45, 2.75) is 37.8 Å². The number of alkyl halides is 6. The van der Waals surface area contributed by atoms with Gasteiger partial charge in [-0.2, -0.15) is 31.1 Å². The lowest BCUT2D eigenvalue weighted by molar-refractivity contribution is -0.143. The van der Waals surface area contributed by atoms with Crippen LogP contribution in [0.3, 0.4) is 0 Å². The standard InChI is InChI=1S/C22H19ClF6N6O2/c1-33-31-19(30-32-33)35(11-12-7-13(21(24,25)26)9-14(8-12)22(27,28)29)17-3-2-6-34(20(36)37)18-10-15(23)4-5-16(17)18/h4-5,7-10,17H,2-3,6,11H2,1H3,(H,36,37). The molecule has 0 saturated heterocycles. The third kappa shape index (κ3) is 5.73. The molecule has 4 rings (SSSR count). The Balaban J connectivity index is 1.86. The van der Waals surface area contributed by atoms with Gasteiger partial charge in [0.15, 0.2) is 0 Å². The van der Waals surface area contributed by atoms with E-state index < -0.39 is 42.2 Å². The number of hydrogen-bond acceptors (Lipinski definition) is 5. The summed E-state index contributed by atoms with van der Waals surface area (Å²) in [6.07, 6.45) is -10.6. The van der Waals surface area contributed by atoms with E-state index in [0.717, 1.165) is 9.70 Å². The van der Waals surface area contributed by atoms with E-state index >= 15 is 0 Å². The second-order valence-corrected chi connectivity index (χ2v) is 8.85. The molecule has 0 spiro atoms. The molecule has 1 aromatic heterocycles. The number of amides is 1. The molecule has 8 nitrogen and oxygen atoms in total. The second kappa shape index (κ2) is 9.72. The number of nitrogens with zero attached hydrogens (tertiary/aromatic N) is 6. The topological polar surface area (TPSA) is 87.4 Å². The van der Waals surface area contributed by atoms with Gasteiger partial charge in [-0.1, -0.05) is 22.8 Å². The smallest absolute Gasteiger partial charge is 0.416 e. The Bertz CT molecular complexity index is 1280. The molecule has 0 fully saturated rings. The summed E-state index contributed by atoms with van der Waals surface area (Å²) in [6.45, 7) is -0.346. The molecular weight excluding hydrogens is 530 g/mol. The summed E-state index contributed by atoms with van der Waals surface area (Å²) in [5.74, 6) is -0.0526. The van der Waals surface area contributed by atoms with E-state index in [9.17, 15) is 36.2 Å². The maximum atomic E-state index is 13.5. The van der Waals surface area contributed by atoms with Crippen LogP contribution < -0.4 is 9.80 Å². The average Bonchev–Trinajstić information content (AvgIpc) is 3.13. The first-order valence-corrected chi connectivity index (χ1v) is 11.2. The van der Waals surface area contributed by atoms with E-state index in [1.54, 1.807) is 6.07 Å². The summed E-state index contributed by atoms with van der Waals surface area (Å²) < 4.78 is 80.8. The molecule has 0 saturated carbocycles. The van der Waals surface area contributed by atoms with E-state index in [4.69, 9.17) is 11.6 Å². The van der Waals surface area contributed by atoms with Crippen LogP contribution >= 0.6 is 11.6 Å². The molecule has 2 aromatic carbocycles. The fourth-order valence-electron chi connectivity index (χ4n) is 4.29. The highest BCUT2D eigenvalue weighted by molar-refractivity contribution is 6.31. The molecule has 0 bridgehead atoms. The zero-order valence-electron chi connectivity index (χ0n) is 19.1. The van der Waals surface area contributed by atoms with Gasteiger partial charge in [0.2, 0.25) is 0 Å². The Kier molecular flexibility index (Phi) is 6.97. The van der Waals surface area contributed by atoms with Crippen LogP contribution in [0.4, 0.5) is 42.8 Å². The molecule has 198 valence electrons. The predicted molar refractivity (Wildman–Crippen MR) is 120 cm³/mol. The second-order valence-electron chi connectivity index (χ2n) is 8.42. The normalized spacial score (nSPS) is 16.3. The predicted octanol–water partition coefficient (Wildman–Crippen LogP) is 5.93. The first-order chi connectivity index (χ1) is 17.2. The number of carboxylic acid groups (broad SMARTS) is 1. The first-order valence-electron chi connectivity index (χ1n) is 10.8. The number of fused-ring (bicyclic) bond motifs is 1. The molecule has 1 amide bonds. The number of benzene rings is 2. The Morgan fingerprint density at radius 1 is 1.11 bits per heavy atom. The Morgan fingerprint density at radius 3 is 2.30 bits per heavy atom. The van der Waals surface area contributed by atoms with Crippen LogP contribution in [0, 0.1) is 0 Å². The first kappa shape index (κ1) is 26.5. The van der Waals surface area contributed by atoms with Gasteiger partial charge in [-0.25, -0.2) is 4.79 Å². The van der Waals surface area contributed by atoms with Crippen LogP contribution in [0.5, 0.6) is 0 Å². The molecule has 2 heterocycles. The van der Waals surface area contributed by atoms with Gasteiger partial charge in [0.1, 0.15) is 0 Å². The van der Waals surface area contributed by atoms with Crippen molar-refractivity contribution in [2.75, 3.05) is 16.3 Å². The molecule has 1 aliphatic heterocycles. The lowest BCUT2D eigenvalue weighted by Gasteiger charge is -2.32. The van der Waals surface area contributed by atoms with E-state index in [1.807, 2.05) is 0 Å². The molecule has 1 unspecified atom stereocenters. The minimum atomic E-state index is -5.01. The van der Waals surface area contributed by atoms with Gasteiger partial charge >= 0.3 is 18.4 Å². The van der Waals surface area contributed by atoms with Crippen molar-refractivity contribution in [3.8, 4) is 0 Å². The summed E-state index contributed by atoms with van der Waals surface area (Å²) >= 11 is 6.11. The maximum absolute atomic E-state index is 13.5. The van der Waals surface area contributed by atoms with Crippen molar-refractivity contribution in [3.05, 3.63) is 63.7 Å². The number of anilines is 2. The van der Waals surface area contributed by atoms with Crippen molar-refractivity contribution >= 4 is 29.3 Å². The molecule has 0 radical (unpaired) electrons. The summed E-state index contributed by atoms with van der Waals surface area (Å²) in [5, 5.41) is 21.8. The molecule has 1 atom stereocenters. The third-order valence-corrected chi connectivity index (χ3v) is 6.10. The molecule has 3 aromatic rings. The number of aryl methyl sites for hydroxylation is 1. The van der Waals surface area contributed by atoms with E-state index in [1.165, 1.54) is 24.1 Å². The summed E-state index contributed by atoms with van der Waals surface area (Å²) in [6, 6.07) is 5.15. The van der Waals surface area contributed by atoms with Crippen LogP contribution in [0.25, 0.3) is 0 Å². The highest BCUT2D eigenvalue weighted by atomic mass is 35.5. The van der Waals surface area contributed by atoms with Crippen LogP contribution in [0.15, 0.2) is 36.4 Å². The largest absolute Gasteiger partial charge is 0.465 e. The highest BCUT2D eigenvalue weighted by Gasteiger charge is 2.38. The van der Waals surface area contributed by atoms with Crippen LogP contribution in [0.1, 0.15) is 41.1 Å². The fraction of sp³-hybridized carbons (Fsp3) is 0.364. The number of hydrogen-bond donors (Lipinski definition) is 1. The molecule has 37 heavy (non-hydrogen) atoms. The zero-order valence-corrected chi connectivity index (χ0v) is 19.8. The van der Waals surface area contributed by atoms with Crippen LogP contribution in [-0.2, 0) is 25.9 Å². The van der Waals surface area contributed by atoms with E-state index in [0.29, 0.717) is 30.5 Å². The molecule has 15 heteroatoms. The van der Waals surface area contributed by atoms with Crippen molar-refractivity contribution in [1.82, 2.24) is 20.2 Å². The average molecular weight is 549 g/mol. The quantitative estimate of drug-likeness (QED) is 0.407. The number of halogens is 7. The number of rotatable bonds is 4. The Morgan fingerprint density at radius 2 is 1.76 bits per heavy atom. The number of carbonyl (C=O) groups is 1. The minimum absolute atomic E-state index is 0.0526.